The second-order valence-corrected chi connectivity index (χ2v) is 2.04. The van der Waals surface area contributed by atoms with Gasteiger partial charge in [-0.2, -0.15) is 0 Å². The van der Waals surface area contributed by atoms with Crippen molar-refractivity contribution >= 4 is 5.71 Å². The van der Waals surface area contributed by atoms with Crippen LogP contribution in [0.3, 0.4) is 0 Å². The molecule has 1 N–H and O–H groups in total. The first-order valence-corrected chi connectivity index (χ1v) is 2.90. The lowest BCUT2D eigenvalue weighted by Crippen LogP contribution is -2.37. The molecule has 0 heterocycles. The average molecular weight is 147 g/mol. The molecule has 0 amide bonds. The fourth-order valence-corrected chi connectivity index (χ4v) is 0.470. The molecule has 0 radical (unpaired) electrons. The van der Waals surface area contributed by atoms with Crippen LogP contribution in [0.4, 0.5) is 0 Å². The fourth-order valence-electron chi connectivity index (χ4n) is 0.470. The maximum absolute atomic E-state index is 8.36. The molecule has 0 aromatic heterocycles. The molecule has 0 atom stereocenters. The maximum Gasteiger partial charge on any atom is 0.207 e. The standard InChI is InChI=1S/C6H13NO3/c1-5(7-8)6(2,9-3)10-4/h8H,1-4H3/b7-5+. The summed E-state index contributed by atoms with van der Waals surface area (Å²) in [5.74, 6) is -0.908. The number of nitrogens with zero attached hydrogens (tertiary/aromatic N) is 1. The zero-order valence-electron chi connectivity index (χ0n) is 6.71. The minimum absolute atomic E-state index is 0.387. The van der Waals surface area contributed by atoms with Gasteiger partial charge in [0.2, 0.25) is 5.79 Å². The van der Waals surface area contributed by atoms with Crippen molar-refractivity contribution in [1.29, 1.82) is 0 Å². The van der Waals surface area contributed by atoms with E-state index in [1.54, 1.807) is 13.8 Å². The van der Waals surface area contributed by atoms with E-state index in [0.29, 0.717) is 5.71 Å². The summed E-state index contributed by atoms with van der Waals surface area (Å²) >= 11 is 0. The van der Waals surface area contributed by atoms with E-state index in [1.165, 1.54) is 14.2 Å². The van der Waals surface area contributed by atoms with Crippen molar-refractivity contribution in [3.05, 3.63) is 0 Å². The summed E-state index contributed by atoms with van der Waals surface area (Å²) in [5.41, 5.74) is 0.387. The van der Waals surface area contributed by atoms with Crippen molar-refractivity contribution in [3.63, 3.8) is 0 Å². The summed E-state index contributed by atoms with van der Waals surface area (Å²) in [4.78, 5) is 0. The minimum Gasteiger partial charge on any atom is -0.411 e. The van der Waals surface area contributed by atoms with Gasteiger partial charge in [0.05, 0.1) is 0 Å². The van der Waals surface area contributed by atoms with Crippen LogP contribution in [0.25, 0.3) is 0 Å². The highest BCUT2D eigenvalue weighted by molar-refractivity contribution is 5.88. The molecule has 0 spiro atoms. The van der Waals surface area contributed by atoms with Crippen molar-refractivity contribution in [1.82, 2.24) is 0 Å². The highest BCUT2D eigenvalue weighted by Gasteiger charge is 2.27. The summed E-state index contributed by atoms with van der Waals surface area (Å²) in [6.07, 6.45) is 0. The SMILES string of the molecule is COC(C)(OC)/C(C)=N/O. The minimum atomic E-state index is -0.908. The van der Waals surface area contributed by atoms with Gasteiger partial charge in [-0.25, -0.2) is 0 Å². The van der Waals surface area contributed by atoms with Crippen LogP contribution in [0.5, 0.6) is 0 Å². The first-order valence-electron chi connectivity index (χ1n) is 2.90. The van der Waals surface area contributed by atoms with Gasteiger partial charge < -0.3 is 14.7 Å². The third-order valence-electron chi connectivity index (χ3n) is 1.59. The highest BCUT2D eigenvalue weighted by atomic mass is 16.7. The molecule has 4 heteroatoms. The average Bonchev–Trinajstić information content (AvgIpc) is 2.01. The molecule has 0 aliphatic carbocycles. The summed E-state index contributed by atoms with van der Waals surface area (Å²) in [6.45, 7) is 3.29. The van der Waals surface area contributed by atoms with Gasteiger partial charge in [0, 0.05) is 14.2 Å². The van der Waals surface area contributed by atoms with E-state index in [9.17, 15) is 0 Å². The Bertz CT molecular complexity index is 129. The van der Waals surface area contributed by atoms with Gasteiger partial charge in [0.25, 0.3) is 0 Å². The largest absolute Gasteiger partial charge is 0.411 e. The number of hydrogen-bond donors (Lipinski definition) is 1. The van der Waals surface area contributed by atoms with Crippen molar-refractivity contribution < 1.29 is 14.7 Å². The molecule has 0 aliphatic heterocycles. The third kappa shape index (κ3) is 1.68. The molecule has 0 fully saturated rings. The van der Waals surface area contributed by atoms with Gasteiger partial charge in [-0.3, -0.25) is 0 Å². The molecule has 0 unspecified atom stereocenters. The third-order valence-corrected chi connectivity index (χ3v) is 1.59. The zero-order valence-corrected chi connectivity index (χ0v) is 6.71. The van der Waals surface area contributed by atoms with Crippen LogP contribution >= 0.6 is 0 Å². The van der Waals surface area contributed by atoms with Crippen LogP contribution < -0.4 is 0 Å². The zero-order chi connectivity index (χ0) is 8.20. The lowest BCUT2D eigenvalue weighted by molar-refractivity contribution is -0.141. The molecule has 0 rings (SSSR count). The van der Waals surface area contributed by atoms with Crippen LogP contribution in [-0.4, -0.2) is 30.9 Å². The van der Waals surface area contributed by atoms with Gasteiger partial charge in [-0.15, -0.1) is 0 Å². The lowest BCUT2D eigenvalue weighted by Gasteiger charge is -2.24. The van der Waals surface area contributed by atoms with Crippen molar-refractivity contribution in [2.45, 2.75) is 19.6 Å². The second-order valence-electron chi connectivity index (χ2n) is 2.04. The van der Waals surface area contributed by atoms with Crippen LogP contribution in [0.15, 0.2) is 5.16 Å². The van der Waals surface area contributed by atoms with Crippen molar-refractivity contribution in [2.24, 2.45) is 5.16 Å². The van der Waals surface area contributed by atoms with Crippen LogP contribution in [0.2, 0.25) is 0 Å². The highest BCUT2D eigenvalue weighted by Crippen LogP contribution is 2.11. The Hall–Kier alpha value is -0.610. The molecule has 0 aromatic rings. The Morgan fingerprint density at radius 1 is 1.40 bits per heavy atom. The van der Waals surface area contributed by atoms with Gasteiger partial charge in [0.15, 0.2) is 0 Å². The molecule has 0 saturated carbocycles. The predicted molar refractivity (Wildman–Crippen MR) is 37.3 cm³/mol. The van der Waals surface area contributed by atoms with E-state index in [2.05, 4.69) is 5.16 Å². The number of methoxy groups -OCH3 is 2. The first kappa shape index (κ1) is 9.39. The van der Waals surface area contributed by atoms with E-state index in [-0.39, 0.29) is 0 Å². The summed E-state index contributed by atoms with van der Waals surface area (Å²) < 4.78 is 9.85. The van der Waals surface area contributed by atoms with Gasteiger partial charge in [-0.05, 0) is 13.8 Å². The number of hydrogen-bond acceptors (Lipinski definition) is 4. The molecule has 0 bridgehead atoms. The molecular weight excluding hydrogens is 134 g/mol. The van der Waals surface area contributed by atoms with E-state index < -0.39 is 5.79 Å². The van der Waals surface area contributed by atoms with Crippen LogP contribution in [0.1, 0.15) is 13.8 Å². The van der Waals surface area contributed by atoms with E-state index in [4.69, 9.17) is 14.7 Å². The van der Waals surface area contributed by atoms with Gasteiger partial charge in [-0.1, -0.05) is 5.16 Å². The predicted octanol–water partition coefficient (Wildman–Crippen LogP) is 0.845. The molecule has 0 aromatic carbocycles. The summed E-state index contributed by atoms with van der Waals surface area (Å²) in [6, 6.07) is 0. The van der Waals surface area contributed by atoms with E-state index in [0.717, 1.165) is 0 Å². The Kier molecular flexibility index (Phi) is 3.32. The van der Waals surface area contributed by atoms with Crippen LogP contribution in [-0.2, 0) is 9.47 Å². The van der Waals surface area contributed by atoms with Crippen molar-refractivity contribution in [2.75, 3.05) is 14.2 Å². The smallest absolute Gasteiger partial charge is 0.207 e. The topological polar surface area (TPSA) is 51.0 Å². The number of ether oxygens (including phenoxy) is 2. The molecule has 4 nitrogen and oxygen atoms in total. The number of rotatable bonds is 3. The Labute approximate surface area is 60.4 Å². The Morgan fingerprint density at radius 3 is 1.90 bits per heavy atom. The lowest BCUT2D eigenvalue weighted by atomic mass is 10.2. The van der Waals surface area contributed by atoms with Crippen LogP contribution in [0, 0.1) is 0 Å². The van der Waals surface area contributed by atoms with E-state index in [1.807, 2.05) is 0 Å². The van der Waals surface area contributed by atoms with Gasteiger partial charge in [0.1, 0.15) is 5.71 Å². The summed E-state index contributed by atoms with van der Waals surface area (Å²) in [7, 11) is 2.97. The normalized spacial score (nSPS) is 13.8. The summed E-state index contributed by atoms with van der Waals surface area (Å²) in [5, 5.41) is 11.3. The molecule has 60 valence electrons. The van der Waals surface area contributed by atoms with Gasteiger partial charge >= 0.3 is 0 Å². The van der Waals surface area contributed by atoms with E-state index >= 15 is 0 Å². The first-order chi connectivity index (χ1) is 4.60. The monoisotopic (exact) mass is 147 g/mol. The second kappa shape index (κ2) is 3.53. The fraction of sp³-hybridized carbons (Fsp3) is 0.833. The quantitative estimate of drug-likeness (QED) is 0.278. The number of oxime groups is 1. The Balaban J connectivity index is 4.32. The van der Waals surface area contributed by atoms with Crippen molar-refractivity contribution in [3.8, 4) is 0 Å². The molecule has 0 saturated heterocycles. The molecular formula is C6H13NO3. The maximum atomic E-state index is 8.36. The molecule has 0 aliphatic rings. The Morgan fingerprint density at radius 2 is 1.80 bits per heavy atom. The molecule has 10 heavy (non-hydrogen) atoms.